The van der Waals surface area contributed by atoms with E-state index in [1.807, 2.05) is 0 Å². The molecule has 2 N–H and O–H groups in total. The van der Waals surface area contributed by atoms with Gasteiger partial charge in [-0.25, -0.2) is 13.8 Å². The van der Waals surface area contributed by atoms with Crippen molar-refractivity contribution in [1.29, 1.82) is 0 Å². The number of nitrogens with one attached hydrogen (secondary N) is 1. The van der Waals surface area contributed by atoms with Crippen LogP contribution in [0.3, 0.4) is 0 Å². The second-order valence-electron chi connectivity index (χ2n) is 4.03. The number of aromatic amines is 1. The SMILES string of the molecule is O=C(O)Cn1c(-c2cn[nH]n2)nc2cc(F)c(F)cc21. The summed E-state index contributed by atoms with van der Waals surface area (Å²) in [5, 5.41) is 18.7. The van der Waals surface area contributed by atoms with Crippen molar-refractivity contribution < 1.29 is 18.7 Å². The van der Waals surface area contributed by atoms with E-state index in [4.69, 9.17) is 5.11 Å². The summed E-state index contributed by atoms with van der Waals surface area (Å²) in [6, 6.07) is 1.82. The van der Waals surface area contributed by atoms with Crippen LogP contribution in [0.1, 0.15) is 0 Å². The molecule has 9 heteroatoms. The molecule has 0 atom stereocenters. The lowest BCUT2D eigenvalue weighted by Crippen LogP contribution is -2.10. The lowest BCUT2D eigenvalue weighted by molar-refractivity contribution is -0.137. The van der Waals surface area contributed by atoms with Gasteiger partial charge >= 0.3 is 5.97 Å². The predicted molar refractivity (Wildman–Crippen MR) is 62.7 cm³/mol. The summed E-state index contributed by atoms with van der Waals surface area (Å²) in [5.41, 5.74) is 0.593. The first kappa shape index (κ1) is 12.2. The molecule has 0 aliphatic carbocycles. The van der Waals surface area contributed by atoms with Crippen molar-refractivity contribution in [2.45, 2.75) is 6.54 Å². The minimum absolute atomic E-state index is 0.142. The predicted octanol–water partition coefficient (Wildman–Crippen LogP) is 1.18. The molecule has 7 nitrogen and oxygen atoms in total. The number of halogens is 2. The van der Waals surface area contributed by atoms with Gasteiger partial charge in [0.25, 0.3) is 0 Å². The van der Waals surface area contributed by atoms with Gasteiger partial charge in [0.05, 0.1) is 17.2 Å². The summed E-state index contributed by atoms with van der Waals surface area (Å²) < 4.78 is 27.8. The number of benzene rings is 1. The van der Waals surface area contributed by atoms with Crippen LogP contribution >= 0.6 is 0 Å². The van der Waals surface area contributed by atoms with Crippen molar-refractivity contribution in [2.24, 2.45) is 0 Å². The largest absolute Gasteiger partial charge is 0.480 e. The first-order chi connectivity index (χ1) is 9.56. The lowest BCUT2D eigenvalue weighted by Gasteiger charge is -2.03. The molecule has 0 aliphatic rings. The van der Waals surface area contributed by atoms with Gasteiger partial charge in [-0.15, -0.1) is 0 Å². The molecule has 3 aromatic rings. The number of nitrogens with zero attached hydrogens (tertiary/aromatic N) is 4. The maximum Gasteiger partial charge on any atom is 0.323 e. The van der Waals surface area contributed by atoms with E-state index in [0.29, 0.717) is 0 Å². The van der Waals surface area contributed by atoms with Crippen LogP contribution < -0.4 is 0 Å². The van der Waals surface area contributed by atoms with Crippen LogP contribution in [0.25, 0.3) is 22.6 Å². The van der Waals surface area contributed by atoms with Crippen LogP contribution in [0, 0.1) is 11.6 Å². The van der Waals surface area contributed by atoms with Crippen molar-refractivity contribution in [3.63, 3.8) is 0 Å². The molecule has 0 saturated heterocycles. The summed E-state index contributed by atoms with van der Waals surface area (Å²) >= 11 is 0. The number of fused-ring (bicyclic) bond motifs is 1. The van der Waals surface area contributed by atoms with Gasteiger partial charge in [-0.3, -0.25) is 4.79 Å². The Hall–Kier alpha value is -2.84. The van der Waals surface area contributed by atoms with E-state index in [9.17, 15) is 13.6 Å². The molecule has 1 aromatic carbocycles. The van der Waals surface area contributed by atoms with Crippen LogP contribution in [-0.2, 0) is 11.3 Å². The standard InChI is InChI=1S/C11H7F2N5O2/c12-5-1-7-9(2-6(5)13)18(4-10(19)20)11(15-7)8-3-14-17-16-8/h1-3H,4H2,(H,19,20)(H,14,16,17). The average molecular weight is 279 g/mol. The number of rotatable bonds is 3. The summed E-state index contributed by atoms with van der Waals surface area (Å²) in [5.74, 6) is -3.10. The van der Waals surface area contributed by atoms with Crippen molar-refractivity contribution in [3.05, 3.63) is 30.0 Å². The fraction of sp³-hybridized carbons (Fsp3) is 0.0909. The zero-order chi connectivity index (χ0) is 14.3. The topological polar surface area (TPSA) is 96.7 Å². The molecule has 2 heterocycles. The Morgan fingerprint density at radius 2 is 2.10 bits per heavy atom. The number of hydrogen-bond acceptors (Lipinski definition) is 4. The van der Waals surface area contributed by atoms with Gasteiger partial charge in [-0.05, 0) is 0 Å². The van der Waals surface area contributed by atoms with Crippen LogP contribution in [0.15, 0.2) is 18.3 Å². The van der Waals surface area contributed by atoms with Gasteiger partial charge in [-0.2, -0.15) is 15.4 Å². The molecule has 0 spiro atoms. The lowest BCUT2D eigenvalue weighted by atomic mass is 10.3. The van der Waals surface area contributed by atoms with Crippen LogP contribution in [0.2, 0.25) is 0 Å². The highest BCUT2D eigenvalue weighted by Gasteiger charge is 2.18. The molecule has 0 saturated carbocycles. The number of carboxylic acids is 1. The summed E-state index contributed by atoms with van der Waals surface area (Å²) in [4.78, 5) is 15.0. The maximum atomic E-state index is 13.3. The zero-order valence-corrected chi connectivity index (χ0v) is 9.84. The molecule has 102 valence electrons. The number of carbonyl (C=O) groups is 1. The smallest absolute Gasteiger partial charge is 0.323 e. The molecule has 0 aliphatic heterocycles. The number of aromatic nitrogens is 5. The van der Waals surface area contributed by atoms with Gasteiger partial charge in [0, 0.05) is 12.1 Å². The van der Waals surface area contributed by atoms with E-state index in [1.165, 1.54) is 10.8 Å². The average Bonchev–Trinajstić information content (AvgIpc) is 2.99. The molecule has 0 unspecified atom stereocenters. The van der Waals surface area contributed by atoms with Gasteiger partial charge in [0.15, 0.2) is 17.5 Å². The third kappa shape index (κ3) is 1.88. The number of aliphatic carboxylic acids is 1. The number of carboxylic acid groups (broad SMARTS) is 1. The Morgan fingerprint density at radius 3 is 2.75 bits per heavy atom. The van der Waals surface area contributed by atoms with Crippen LogP contribution in [0.5, 0.6) is 0 Å². The molecule has 0 radical (unpaired) electrons. The van der Waals surface area contributed by atoms with Crippen molar-refractivity contribution in [2.75, 3.05) is 0 Å². The number of hydrogen-bond donors (Lipinski definition) is 2. The monoisotopic (exact) mass is 279 g/mol. The van der Waals surface area contributed by atoms with E-state index in [0.717, 1.165) is 12.1 Å². The van der Waals surface area contributed by atoms with Gasteiger partial charge in [0.1, 0.15) is 12.2 Å². The molecule has 20 heavy (non-hydrogen) atoms. The minimum Gasteiger partial charge on any atom is -0.480 e. The Morgan fingerprint density at radius 1 is 1.35 bits per heavy atom. The third-order valence-corrected chi connectivity index (χ3v) is 2.73. The Labute approximate surface area is 109 Å². The zero-order valence-electron chi connectivity index (χ0n) is 9.84. The fourth-order valence-electron chi connectivity index (χ4n) is 1.92. The number of H-pyrrole nitrogens is 1. The van der Waals surface area contributed by atoms with Crippen molar-refractivity contribution in [3.8, 4) is 11.5 Å². The Balaban J connectivity index is 2.30. The van der Waals surface area contributed by atoms with Gasteiger partial charge < -0.3 is 9.67 Å². The Kier molecular flexibility index (Phi) is 2.67. The summed E-state index contributed by atoms with van der Waals surface area (Å²) in [7, 11) is 0. The van der Waals surface area contributed by atoms with E-state index in [1.54, 1.807) is 0 Å². The first-order valence-electron chi connectivity index (χ1n) is 5.49. The van der Waals surface area contributed by atoms with E-state index in [2.05, 4.69) is 20.4 Å². The van der Waals surface area contributed by atoms with Gasteiger partial charge in [0.2, 0.25) is 0 Å². The van der Waals surface area contributed by atoms with E-state index < -0.39 is 24.1 Å². The quantitative estimate of drug-likeness (QED) is 0.750. The second kappa shape index (κ2) is 4.37. The van der Waals surface area contributed by atoms with E-state index in [-0.39, 0.29) is 22.6 Å². The van der Waals surface area contributed by atoms with E-state index >= 15 is 0 Å². The van der Waals surface area contributed by atoms with Crippen LogP contribution in [0.4, 0.5) is 8.78 Å². The van der Waals surface area contributed by atoms with Gasteiger partial charge in [-0.1, -0.05) is 0 Å². The third-order valence-electron chi connectivity index (χ3n) is 2.73. The molecule has 0 fully saturated rings. The highest BCUT2D eigenvalue weighted by molar-refractivity contribution is 5.82. The Bertz CT molecular complexity index is 797. The maximum absolute atomic E-state index is 13.3. The summed E-state index contributed by atoms with van der Waals surface area (Å²) in [6.07, 6.45) is 1.34. The minimum atomic E-state index is -1.14. The number of imidazole rings is 1. The molecule has 0 amide bonds. The van der Waals surface area contributed by atoms with Crippen molar-refractivity contribution >= 4 is 17.0 Å². The molecule has 3 rings (SSSR count). The molecular weight excluding hydrogens is 272 g/mol. The first-order valence-corrected chi connectivity index (χ1v) is 5.49. The fourth-order valence-corrected chi connectivity index (χ4v) is 1.92. The second-order valence-corrected chi connectivity index (χ2v) is 4.03. The van der Waals surface area contributed by atoms with Crippen LogP contribution in [-0.4, -0.2) is 36.0 Å². The highest BCUT2D eigenvalue weighted by Crippen LogP contribution is 2.24. The molecule has 2 aromatic heterocycles. The highest BCUT2D eigenvalue weighted by atomic mass is 19.2. The van der Waals surface area contributed by atoms with Crippen molar-refractivity contribution in [1.82, 2.24) is 25.0 Å². The molecular formula is C11H7F2N5O2. The normalized spacial score (nSPS) is 11.1. The summed E-state index contributed by atoms with van der Waals surface area (Å²) in [6.45, 7) is -0.455. The molecule has 0 bridgehead atoms.